The molecule has 5 nitrogen and oxygen atoms in total. The molecule has 0 aliphatic heterocycles. The summed E-state index contributed by atoms with van der Waals surface area (Å²) in [5, 5.41) is 25.6. The second-order valence-corrected chi connectivity index (χ2v) is 9.46. The summed E-state index contributed by atoms with van der Waals surface area (Å²) in [5.41, 5.74) is 1.84. The first kappa shape index (κ1) is 26.8. The fraction of sp³-hybridized carbons (Fsp3) is 0.400. The Morgan fingerprint density at radius 1 is 0.857 bits per heavy atom. The topological polar surface area (TPSA) is 83.7 Å². The Morgan fingerprint density at radius 2 is 1.29 bits per heavy atom. The van der Waals surface area contributed by atoms with E-state index >= 15 is 0 Å². The van der Waals surface area contributed by atoms with Gasteiger partial charge in [-0.2, -0.15) is 4.75 Å². The molecule has 0 radical (unpaired) electrons. The third-order valence-electron chi connectivity index (χ3n) is 3.08. The van der Waals surface area contributed by atoms with Crippen LogP contribution < -0.4 is 5.32 Å². The second-order valence-electron chi connectivity index (χ2n) is 7.25. The van der Waals surface area contributed by atoms with Crippen molar-refractivity contribution in [2.75, 3.05) is 18.4 Å². The summed E-state index contributed by atoms with van der Waals surface area (Å²) in [4.78, 5) is 0. The van der Waals surface area contributed by atoms with Crippen LogP contribution >= 0.6 is 0 Å². The van der Waals surface area contributed by atoms with E-state index in [1.807, 2.05) is 39.8 Å². The van der Waals surface area contributed by atoms with Crippen LogP contribution in [0.25, 0.3) is 5.32 Å². The third kappa shape index (κ3) is 14.8. The summed E-state index contributed by atoms with van der Waals surface area (Å²) in [7, 11) is 0. The minimum absolute atomic E-state index is 0.141. The van der Waals surface area contributed by atoms with Gasteiger partial charge in [0.15, 0.2) is 0 Å². The average Bonchev–Trinajstić information content (AvgIpc) is 2.62. The number of nitrogens with one attached hydrogen (secondary N) is 1. The van der Waals surface area contributed by atoms with Gasteiger partial charge in [0.05, 0.1) is 0 Å². The van der Waals surface area contributed by atoms with Crippen molar-refractivity contribution in [2.45, 2.75) is 37.2 Å². The molecule has 2 aromatic carbocycles. The van der Waals surface area contributed by atoms with E-state index in [4.69, 9.17) is 39.0 Å². The van der Waals surface area contributed by atoms with E-state index in [9.17, 15) is 0 Å². The van der Waals surface area contributed by atoms with Crippen molar-refractivity contribution in [3.05, 3.63) is 53.8 Å². The Kier molecular flexibility index (Phi) is 12.5. The van der Waals surface area contributed by atoms with Crippen molar-refractivity contribution in [1.29, 1.82) is 0 Å². The first-order valence-corrected chi connectivity index (χ1v) is 10.1. The third-order valence-corrected chi connectivity index (χ3v) is 3.35. The summed E-state index contributed by atoms with van der Waals surface area (Å²) in [6.45, 7) is 9.28. The standard InChI is InChI=1S/C10H15NOS.C10H14NOS.O.Tc/c2*1-10(2,13)7-11-8-3-5-9(12)6-4-8;;/h3-6,11-13H,7H2,1-2H3;3-6,12-13H,7H2,1-2H3;;/q;-1;;+3/p-2/i;;;1+1. The van der Waals surface area contributed by atoms with Crippen LogP contribution in [0.3, 0.4) is 0 Å². The number of nitrogens with zero attached hydrogens (tertiary/aromatic N) is 1. The Morgan fingerprint density at radius 3 is 1.68 bits per heavy atom. The summed E-state index contributed by atoms with van der Waals surface area (Å²) >= 11 is 11.3. The van der Waals surface area contributed by atoms with Crippen LogP contribution in [-0.2, 0) is 47.6 Å². The first-order valence-electron chi connectivity index (χ1n) is 8.50. The van der Waals surface area contributed by atoms with E-state index in [2.05, 4.69) is 10.6 Å². The molecule has 2 aromatic rings. The average molecular weight is 506 g/mol. The van der Waals surface area contributed by atoms with Crippen LogP contribution in [0.15, 0.2) is 48.5 Å². The van der Waals surface area contributed by atoms with Crippen molar-refractivity contribution in [3.8, 4) is 11.5 Å². The van der Waals surface area contributed by atoms with Gasteiger partial charge in [0, 0.05) is 5.69 Å². The quantitative estimate of drug-likeness (QED) is 0.388. The van der Waals surface area contributed by atoms with Gasteiger partial charge in [-0.15, -0.1) is 17.0 Å². The molecule has 154 valence electrons. The van der Waals surface area contributed by atoms with Crippen LogP contribution in [0.4, 0.5) is 11.4 Å². The number of anilines is 1. The van der Waals surface area contributed by atoms with E-state index in [0.29, 0.717) is 6.54 Å². The molecular formula is C20H27N2O3S2Tc. The molecule has 0 amide bonds. The van der Waals surface area contributed by atoms with Crippen LogP contribution in [0.1, 0.15) is 27.7 Å². The molecule has 8 heteroatoms. The number of phenolic OH excluding ortho intramolecular Hbond substituents is 2. The number of rotatable bonds is 6. The molecule has 28 heavy (non-hydrogen) atoms. The predicted molar refractivity (Wildman–Crippen MR) is 116 cm³/mol. The molecule has 0 aliphatic rings. The number of benzene rings is 2. The van der Waals surface area contributed by atoms with Crippen LogP contribution in [0, 0.1) is 0 Å². The first-order chi connectivity index (χ1) is 12.9. The molecule has 2 rings (SSSR count). The second kappa shape index (κ2) is 13.1. The molecule has 0 saturated heterocycles. The zero-order chi connectivity index (χ0) is 21.8. The van der Waals surface area contributed by atoms with Gasteiger partial charge in [0.1, 0.15) is 11.5 Å². The van der Waals surface area contributed by atoms with E-state index in [-0.39, 0.29) is 21.0 Å². The number of phenols is 2. The fourth-order valence-corrected chi connectivity index (χ4v) is 1.87. The van der Waals surface area contributed by atoms with Gasteiger partial charge < -0.3 is 46.1 Å². The normalized spacial score (nSPS) is 10.6. The SMILES string of the molecule is CC(C)([S-])CNc1ccc(O)cc1.CC(C)([S-])C[N-]c1ccc(O)cc1.[O]=[99Tc+3]. The molecule has 0 bridgehead atoms. The monoisotopic (exact) mass is 506 g/mol. The number of hydrogen-bond donors (Lipinski definition) is 3. The molecule has 0 fully saturated rings. The number of hydrogen-bond acceptors (Lipinski definition) is 6. The van der Waals surface area contributed by atoms with E-state index in [0.717, 1.165) is 36.8 Å². The van der Waals surface area contributed by atoms with Crippen molar-refractivity contribution in [3.63, 3.8) is 0 Å². The Balaban J connectivity index is 0.000000478. The van der Waals surface area contributed by atoms with Gasteiger partial charge in [-0.3, -0.25) is 0 Å². The van der Waals surface area contributed by atoms with Gasteiger partial charge in [-0.05, 0) is 42.9 Å². The van der Waals surface area contributed by atoms with Crippen molar-refractivity contribution < 1.29 is 32.6 Å². The molecular weight excluding hydrogens is 479 g/mol. The summed E-state index contributed by atoms with van der Waals surface area (Å²) in [6.07, 6.45) is 0. The molecule has 0 saturated carbocycles. The molecule has 3 N–H and O–H groups in total. The maximum atomic E-state index is 9.04. The zero-order valence-corrected chi connectivity index (χ0v) is 20.0. The maximum absolute atomic E-state index is 9.04. The van der Waals surface area contributed by atoms with Crippen molar-refractivity contribution in [2.24, 2.45) is 0 Å². The number of aromatic hydroxyl groups is 2. The van der Waals surface area contributed by atoms with Gasteiger partial charge >= 0.3 is 22.4 Å². The van der Waals surface area contributed by atoms with Crippen molar-refractivity contribution >= 4 is 36.6 Å². The molecule has 0 aliphatic carbocycles. The molecule has 0 aromatic heterocycles. The van der Waals surface area contributed by atoms with Crippen LogP contribution in [0.5, 0.6) is 11.5 Å². The Bertz CT molecular complexity index is 610. The molecule has 0 heterocycles. The van der Waals surface area contributed by atoms with Crippen LogP contribution in [-0.4, -0.2) is 32.8 Å². The Labute approximate surface area is 189 Å². The molecule has 0 atom stereocenters. The van der Waals surface area contributed by atoms with Crippen LogP contribution in [0.2, 0.25) is 0 Å². The Hall–Kier alpha value is -1.21. The van der Waals surface area contributed by atoms with Gasteiger partial charge in [-0.1, -0.05) is 39.8 Å². The van der Waals surface area contributed by atoms with Gasteiger partial charge in [0.2, 0.25) is 0 Å². The molecule has 0 unspecified atom stereocenters. The van der Waals surface area contributed by atoms with E-state index in [1.165, 1.54) is 0 Å². The minimum atomic E-state index is -0.197. The summed E-state index contributed by atoms with van der Waals surface area (Å²) < 4.78 is 7.88. The summed E-state index contributed by atoms with van der Waals surface area (Å²) in [5.74, 6) is 0.541. The predicted octanol–water partition coefficient (Wildman–Crippen LogP) is 4.73. The zero-order valence-electron chi connectivity index (χ0n) is 16.5. The van der Waals surface area contributed by atoms with E-state index in [1.54, 1.807) is 36.4 Å². The summed E-state index contributed by atoms with van der Waals surface area (Å²) in [6, 6.07) is 13.8. The van der Waals surface area contributed by atoms with Gasteiger partial charge in [-0.25, -0.2) is 0 Å². The van der Waals surface area contributed by atoms with Crippen molar-refractivity contribution in [1.82, 2.24) is 0 Å². The molecule has 0 spiro atoms. The fourth-order valence-electron chi connectivity index (χ4n) is 1.73. The van der Waals surface area contributed by atoms with E-state index < -0.39 is 0 Å². The van der Waals surface area contributed by atoms with Gasteiger partial charge in [0.25, 0.3) is 0 Å².